The van der Waals surface area contributed by atoms with Gasteiger partial charge >= 0.3 is 12.1 Å². The quantitative estimate of drug-likeness (QED) is 0.391. The lowest BCUT2D eigenvalue weighted by Gasteiger charge is -2.38. The van der Waals surface area contributed by atoms with E-state index in [1.807, 2.05) is 18.0 Å². The molecule has 0 aromatic heterocycles. The standard InChI is InChI=1S/C28H46N4O4/c1-21-9-7-12-23(17-21)26(35-15-16-36-28(34)30-3)24-13-8-14-32(20-24)27(33)31-25(19-29-2)18-22-10-5-4-6-11-22/h7,9,12,17,22,24-26,29H,4-6,8,10-11,13-16,18-20H2,1-3H3,(H,30,34)(H,31,33)/t24-,25+,26?/m1/s1. The van der Waals surface area contributed by atoms with Gasteiger partial charge in [0.1, 0.15) is 6.61 Å². The van der Waals surface area contributed by atoms with Crippen LogP contribution in [0.1, 0.15) is 68.6 Å². The molecule has 3 atom stereocenters. The minimum absolute atomic E-state index is 0.0294. The molecule has 1 aliphatic carbocycles. The number of nitrogens with zero attached hydrogens (tertiary/aromatic N) is 1. The third kappa shape index (κ3) is 8.96. The average molecular weight is 503 g/mol. The fourth-order valence-electron chi connectivity index (χ4n) is 5.71. The van der Waals surface area contributed by atoms with Crippen LogP contribution in [0.15, 0.2) is 24.3 Å². The van der Waals surface area contributed by atoms with Gasteiger partial charge in [0.15, 0.2) is 0 Å². The van der Waals surface area contributed by atoms with E-state index >= 15 is 0 Å². The van der Waals surface area contributed by atoms with E-state index in [4.69, 9.17) is 9.47 Å². The van der Waals surface area contributed by atoms with Crippen LogP contribution in [0, 0.1) is 18.8 Å². The molecule has 1 aromatic rings. The maximum atomic E-state index is 13.3. The molecule has 0 bridgehead atoms. The molecule has 8 heteroatoms. The Bertz CT molecular complexity index is 814. The van der Waals surface area contributed by atoms with Gasteiger partial charge in [0.25, 0.3) is 0 Å². The zero-order valence-corrected chi connectivity index (χ0v) is 22.4. The Labute approximate surface area is 216 Å². The number of ether oxygens (including phenoxy) is 2. The third-order valence-electron chi connectivity index (χ3n) is 7.48. The van der Waals surface area contributed by atoms with Gasteiger partial charge in [-0.25, -0.2) is 9.59 Å². The summed E-state index contributed by atoms with van der Waals surface area (Å²) in [5.41, 5.74) is 2.28. The van der Waals surface area contributed by atoms with Crippen LogP contribution in [-0.2, 0) is 9.47 Å². The number of piperidine rings is 1. The summed E-state index contributed by atoms with van der Waals surface area (Å²) in [7, 11) is 3.49. The summed E-state index contributed by atoms with van der Waals surface area (Å²) in [6.07, 6.45) is 8.88. The second kappa shape index (κ2) is 15.1. The van der Waals surface area contributed by atoms with Crippen LogP contribution >= 0.6 is 0 Å². The maximum Gasteiger partial charge on any atom is 0.406 e. The first-order chi connectivity index (χ1) is 17.5. The summed E-state index contributed by atoms with van der Waals surface area (Å²) in [4.78, 5) is 26.7. The number of alkyl carbamates (subject to hydrolysis) is 1. The molecule has 3 rings (SSSR count). The summed E-state index contributed by atoms with van der Waals surface area (Å²) in [5, 5.41) is 9.05. The van der Waals surface area contributed by atoms with Crippen molar-refractivity contribution >= 4 is 12.1 Å². The second-order valence-corrected chi connectivity index (χ2v) is 10.4. The molecule has 36 heavy (non-hydrogen) atoms. The van der Waals surface area contributed by atoms with E-state index in [0.717, 1.165) is 37.9 Å². The van der Waals surface area contributed by atoms with E-state index in [0.29, 0.717) is 19.1 Å². The summed E-state index contributed by atoms with van der Waals surface area (Å²) in [5.74, 6) is 0.884. The number of hydrogen-bond acceptors (Lipinski definition) is 5. The number of aryl methyl sites for hydroxylation is 1. The van der Waals surface area contributed by atoms with E-state index in [9.17, 15) is 9.59 Å². The number of benzene rings is 1. The van der Waals surface area contributed by atoms with Crippen molar-refractivity contribution in [3.8, 4) is 0 Å². The van der Waals surface area contributed by atoms with Gasteiger partial charge in [-0.15, -0.1) is 0 Å². The lowest BCUT2D eigenvalue weighted by atomic mass is 9.85. The number of hydrogen-bond donors (Lipinski definition) is 3. The minimum Gasteiger partial charge on any atom is -0.447 e. The number of likely N-dealkylation sites (N-methyl/N-ethyl adjacent to an activating group) is 1. The van der Waals surface area contributed by atoms with Gasteiger partial charge in [-0.2, -0.15) is 0 Å². The number of urea groups is 1. The molecular formula is C28H46N4O4. The van der Waals surface area contributed by atoms with Gasteiger partial charge in [0, 0.05) is 38.6 Å². The van der Waals surface area contributed by atoms with Crippen molar-refractivity contribution in [1.82, 2.24) is 20.9 Å². The Kier molecular flexibility index (Phi) is 11.8. The van der Waals surface area contributed by atoms with Crippen LogP contribution in [-0.4, -0.2) is 70.0 Å². The van der Waals surface area contributed by atoms with Crippen LogP contribution in [0.5, 0.6) is 0 Å². The van der Waals surface area contributed by atoms with E-state index < -0.39 is 6.09 Å². The fourth-order valence-corrected chi connectivity index (χ4v) is 5.71. The molecule has 0 radical (unpaired) electrons. The lowest BCUT2D eigenvalue weighted by Crippen LogP contribution is -2.52. The third-order valence-corrected chi connectivity index (χ3v) is 7.48. The summed E-state index contributed by atoms with van der Waals surface area (Å²) in [6, 6.07) is 8.53. The molecule has 2 fully saturated rings. The first kappa shape index (κ1) is 28.3. The fraction of sp³-hybridized carbons (Fsp3) is 0.714. The Morgan fingerprint density at radius 1 is 1.08 bits per heavy atom. The second-order valence-electron chi connectivity index (χ2n) is 10.4. The van der Waals surface area contributed by atoms with Gasteiger partial charge in [0.2, 0.25) is 0 Å². The molecule has 8 nitrogen and oxygen atoms in total. The van der Waals surface area contributed by atoms with Gasteiger partial charge in [-0.05, 0) is 44.7 Å². The van der Waals surface area contributed by atoms with E-state index in [1.54, 1.807) is 0 Å². The van der Waals surface area contributed by atoms with Gasteiger partial charge in [-0.1, -0.05) is 61.9 Å². The molecule has 2 aliphatic rings. The summed E-state index contributed by atoms with van der Waals surface area (Å²) in [6.45, 7) is 4.77. The van der Waals surface area contributed by atoms with Crippen molar-refractivity contribution < 1.29 is 19.1 Å². The molecule has 1 unspecified atom stereocenters. The Hall–Kier alpha value is -2.32. The Balaban J connectivity index is 1.62. The van der Waals surface area contributed by atoms with Crippen LogP contribution in [0.3, 0.4) is 0 Å². The number of carbonyl (C=O) groups excluding carboxylic acids is 2. The highest BCUT2D eigenvalue weighted by atomic mass is 16.6. The molecule has 1 saturated heterocycles. The van der Waals surface area contributed by atoms with Crippen molar-refractivity contribution in [3.05, 3.63) is 35.4 Å². The van der Waals surface area contributed by atoms with Gasteiger partial charge in [-0.3, -0.25) is 0 Å². The zero-order chi connectivity index (χ0) is 25.8. The summed E-state index contributed by atoms with van der Waals surface area (Å²) >= 11 is 0. The number of rotatable bonds is 11. The van der Waals surface area contributed by atoms with Crippen LogP contribution < -0.4 is 16.0 Å². The first-order valence-corrected chi connectivity index (χ1v) is 13.7. The Morgan fingerprint density at radius 2 is 1.89 bits per heavy atom. The first-order valence-electron chi connectivity index (χ1n) is 13.7. The van der Waals surface area contributed by atoms with E-state index in [2.05, 4.69) is 41.1 Å². The molecule has 1 aromatic carbocycles. The molecule has 1 aliphatic heterocycles. The van der Waals surface area contributed by atoms with Crippen molar-refractivity contribution in [2.75, 3.05) is 46.9 Å². The highest BCUT2D eigenvalue weighted by Gasteiger charge is 2.32. The van der Waals surface area contributed by atoms with E-state index in [1.165, 1.54) is 44.7 Å². The van der Waals surface area contributed by atoms with Crippen molar-refractivity contribution in [2.24, 2.45) is 11.8 Å². The lowest BCUT2D eigenvalue weighted by molar-refractivity contribution is -0.0263. The number of carbonyl (C=O) groups is 2. The smallest absolute Gasteiger partial charge is 0.406 e. The predicted octanol–water partition coefficient (Wildman–Crippen LogP) is 4.39. The molecule has 1 heterocycles. The number of likely N-dealkylation sites (tertiary alicyclic amines) is 1. The molecular weight excluding hydrogens is 456 g/mol. The molecule has 3 N–H and O–H groups in total. The topological polar surface area (TPSA) is 91.9 Å². The van der Waals surface area contributed by atoms with E-state index in [-0.39, 0.29) is 30.7 Å². The van der Waals surface area contributed by atoms with Crippen LogP contribution in [0.2, 0.25) is 0 Å². The molecule has 0 spiro atoms. The largest absolute Gasteiger partial charge is 0.447 e. The average Bonchev–Trinajstić information content (AvgIpc) is 2.89. The highest BCUT2D eigenvalue weighted by molar-refractivity contribution is 5.74. The molecule has 3 amide bonds. The van der Waals surface area contributed by atoms with Crippen LogP contribution in [0.25, 0.3) is 0 Å². The van der Waals surface area contributed by atoms with Gasteiger partial charge in [0.05, 0.1) is 12.7 Å². The van der Waals surface area contributed by atoms with Gasteiger partial charge < -0.3 is 30.3 Å². The van der Waals surface area contributed by atoms with Crippen molar-refractivity contribution in [1.29, 1.82) is 0 Å². The number of nitrogens with one attached hydrogen (secondary N) is 3. The highest BCUT2D eigenvalue weighted by Crippen LogP contribution is 2.33. The summed E-state index contributed by atoms with van der Waals surface area (Å²) < 4.78 is 11.4. The zero-order valence-electron chi connectivity index (χ0n) is 22.4. The number of amides is 3. The molecule has 202 valence electrons. The van der Waals surface area contributed by atoms with Crippen LogP contribution in [0.4, 0.5) is 9.59 Å². The predicted molar refractivity (Wildman–Crippen MR) is 142 cm³/mol. The monoisotopic (exact) mass is 502 g/mol. The molecule has 1 saturated carbocycles. The normalized spacial score (nSPS) is 20.4. The van der Waals surface area contributed by atoms with Crippen molar-refractivity contribution in [3.63, 3.8) is 0 Å². The Morgan fingerprint density at radius 3 is 2.61 bits per heavy atom. The van der Waals surface area contributed by atoms with Crippen molar-refractivity contribution in [2.45, 2.75) is 70.4 Å². The minimum atomic E-state index is -0.462. The maximum absolute atomic E-state index is 13.3. The SMILES string of the molecule is CNC[C@H](CC1CCCCC1)NC(=O)N1CCC[C@@H](C(OCCOC(=O)NC)c2cccc(C)c2)C1.